The highest BCUT2D eigenvalue weighted by Gasteiger charge is 2.57. The lowest BCUT2D eigenvalue weighted by molar-refractivity contribution is -0.321. The number of carboxylic acid groups (broad SMARTS) is 1. The van der Waals surface area contributed by atoms with E-state index in [-0.39, 0.29) is 0 Å². The molecule has 0 saturated carbocycles. The normalized spacial score (nSPS) is 14.9. The Bertz CT molecular complexity index is 263. The third kappa shape index (κ3) is 5.54. The number of ether oxygens (including phenoxy) is 1. The average Bonchev–Trinajstić information content (AvgIpc) is 2.12. The van der Waals surface area contributed by atoms with E-state index in [4.69, 9.17) is 5.11 Å². The van der Waals surface area contributed by atoms with Crippen molar-refractivity contribution in [3.05, 3.63) is 0 Å². The molecule has 0 saturated heterocycles. The van der Waals surface area contributed by atoms with Gasteiger partial charge in [0.2, 0.25) is 6.10 Å². The monoisotopic (exact) mass is 283 g/mol. The van der Waals surface area contributed by atoms with Gasteiger partial charge in [-0.25, -0.2) is 0 Å². The molecule has 0 bridgehead atoms. The predicted molar refractivity (Wildman–Crippen MR) is 47.0 cm³/mol. The number of alkyl halides is 6. The maximum Gasteiger partial charge on any atom is 0.423 e. The molecule has 2 N–H and O–H groups in total. The molecule has 0 heterocycles. The van der Waals surface area contributed by atoms with Crippen molar-refractivity contribution >= 4 is 5.97 Å². The van der Waals surface area contributed by atoms with Crippen molar-refractivity contribution in [2.24, 2.45) is 0 Å². The van der Waals surface area contributed by atoms with Crippen LogP contribution in [0.15, 0.2) is 0 Å². The van der Waals surface area contributed by atoms with Gasteiger partial charge in [0.15, 0.2) is 0 Å². The minimum Gasteiger partial charge on any atom is -0.480 e. The number of likely N-dealkylation sites (N-methyl/N-ethyl adjacent to an activating group) is 1. The number of carboxylic acids is 1. The summed E-state index contributed by atoms with van der Waals surface area (Å²) in [4.78, 5) is 10.4. The van der Waals surface area contributed by atoms with E-state index in [0.29, 0.717) is 0 Å². The number of aliphatic carboxylic acids is 1. The van der Waals surface area contributed by atoms with Gasteiger partial charge in [0.25, 0.3) is 0 Å². The minimum atomic E-state index is -5.59. The van der Waals surface area contributed by atoms with E-state index in [1.54, 1.807) is 0 Å². The number of nitrogens with one attached hydrogen (secondary N) is 1. The summed E-state index contributed by atoms with van der Waals surface area (Å²) in [5.74, 6) is -1.39. The lowest BCUT2D eigenvalue weighted by Gasteiger charge is -2.23. The Balaban J connectivity index is 4.43. The Kier molecular flexibility index (Phi) is 5.87. The van der Waals surface area contributed by atoms with Crippen LogP contribution in [0.4, 0.5) is 26.3 Å². The topological polar surface area (TPSA) is 58.6 Å². The fourth-order valence-electron chi connectivity index (χ4n) is 1.07. The van der Waals surface area contributed by atoms with Crippen molar-refractivity contribution in [2.75, 3.05) is 13.7 Å². The van der Waals surface area contributed by atoms with Crippen LogP contribution in [0.2, 0.25) is 0 Å². The fourth-order valence-corrected chi connectivity index (χ4v) is 1.07. The molecule has 108 valence electrons. The van der Waals surface area contributed by atoms with E-state index >= 15 is 0 Å². The first-order chi connectivity index (χ1) is 8.00. The Labute approximate surface area is 97.9 Å². The molecule has 1 atom stereocenters. The molecule has 0 radical (unpaired) electrons. The summed E-state index contributed by atoms with van der Waals surface area (Å²) in [5.41, 5.74) is 0. The smallest absolute Gasteiger partial charge is 0.423 e. The first kappa shape index (κ1) is 17.0. The first-order valence-corrected chi connectivity index (χ1v) is 4.65. The fraction of sp³-hybridized carbons (Fsp3) is 0.875. The zero-order valence-corrected chi connectivity index (χ0v) is 9.10. The largest absolute Gasteiger partial charge is 0.480 e. The molecule has 0 amide bonds. The number of halogens is 6. The summed E-state index contributed by atoms with van der Waals surface area (Å²) in [6.45, 7) is -0.985. The summed E-state index contributed by atoms with van der Waals surface area (Å²) >= 11 is 0. The van der Waals surface area contributed by atoms with E-state index in [1.165, 1.54) is 7.05 Å². The molecule has 0 aromatic carbocycles. The van der Waals surface area contributed by atoms with Crippen molar-refractivity contribution < 1.29 is 41.0 Å². The van der Waals surface area contributed by atoms with Crippen molar-refractivity contribution in [3.8, 4) is 0 Å². The second-order valence-corrected chi connectivity index (χ2v) is 3.30. The van der Waals surface area contributed by atoms with Gasteiger partial charge in [0.1, 0.15) is 6.04 Å². The van der Waals surface area contributed by atoms with E-state index in [2.05, 4.69) is 10.1 Å². The summed E-state index contributed by atoms with van der Waals surface area (Å²) in [7, 11) is 1.21. The molecule has 0 aliphatic rings. The molecule has 0 aliphatic heterocycles. The molecule has 1 unspecified atom stereocenters. The summed E-state index contributed by atoms with van der Waals surface area (Å²) in [6.07, 6.45) is -15.6. The molecule has 18 heavy (non-hydrogen) atoms. The minimum absolute atomic E-state index is 0.519. The van der Waals surface area contributed by atoms with Crippen LogP contribution in [0.5, 0.6) is 0 Å². The highest BCUT2D eigenvalue weighted by molar-refractivity contribution is 5.73. The average molecular weight is 283 g/mol. The highest BCUT2D eigenvalue weighted by Crippen LogP contribution is 2.35. The van der Waals surface area contributed by atoms with Crippen molar-refractivity contribution in [2.45, 2.75) is 30.9 Å². The van der Waals surface area contributed by atoms with E-state index < -0.39 is 43.5 Å². The molecule has 0 aromatic heterocycles. The van der Waals surface area contributed by atoms with Crippen LogP contribution < -0.4 is 5.32 Å². The summed E-state index contributed by atoms with van der Waals surface area (Å²) < 4.78 is 75.7. The van der Waals surface area contributed by atoms with E-state index in [1.807, 2.05) is 0 Å². The summed E-state index contributed by atoms with van der Waals surface area (Å²) in [6, 6.07) is -1.27. The third-order valence-electron chi connectivity index (χ3n) is 1.93. The first-order valence-electron chi connectivity index (χ1n) is 4.65. The van der Waals surface area contributed by atoms with Crippen molar-refractivity contribution in [1.82, 2.24) is 5.32 Å². The van der Waals surface area contributed by atoms with Crippen LogP contribution in [0, 0.1) is 0 Å². The van der Waals surface area contributed by atoms with Gasteiger partial charge in [-0.15, -0.1) is 0 Å². The molecule has 0 rings (SSSR count). The van der Waals surface area contributed by atoms with Gasteiger partial charge in [-0.2, -0.15) is 26.3 Å². The Morgan fingerprint density at radius 3 is 1.94 bits per heavy atom. The summed E-state index contributed by atoms with van der Waals surface area (Å²) in [5, 5.41) is 10.7. The van der Waals surface area contributed by atoms with E-state index in [9.17, 15) is 31.1 Å². The molecule has 0 aromatic rings. The van der Waals surface area contributed by atoms with Crippen LogP contribution >= 0.6 is 0 Å². The lowest BCUT2D eigenvalue weighted by atomic mass is 10.2. The molecular weight excluding hydrogens is 272 g/mol. The quantitative estimate of drug-likeness (QED) is 0.726. The van der Waals surface area contributed by atoms with Gasteiger partial charge < -0.3 is 15.2 Å². The Hall–Kier alpha value is -1.03. The third-order valence-corrected chi connectivity index (χ3v) is 1.93. The van der Waals surface area contributed by atoms with Crippen molar-refractivity contribution in [3.63, 3.8) is 0 Å². The second kappa shape index (κ2) is 6.23. The number of hydrogen-bond acceptors (Lipinski definition) is 3. The highest BCUT2D eigenvalue weighted by atomic mass is 19.4. The molecule has 10 heteroatoms. The van der Waals surface area contributed by atoms with Gasteiger partial charge in [-0.1, -0.05) is 0 Å². The Morgan fingerprint density at radius 1 is 1.22 bits per heavy atom. The van der Waals surface area contributed by atoms with Crippen LogP contribution in [-0.2, 0) is 9.53 Å². The standard InChI is InChI=1S/C8H11F6NO3/c1-15-4(5(16)17)2-3-18-6(7(9,10)11)8(12,13)14/h4,6,15H,2-3H2,1H3,(H,16,17). The zero-order valence-electron chi connectivity index (χ0n) is 9.10. The number of carbonyl (C=O) groups is 1. The van der Waals surface area contributed by atoms with Crippen LogP contribution in [0.3, 0.4) is 0 Å². The predicted octanol–water partition coefficient (Wildman–Crippen LogP) is 1.56. The van der Waals surface area contributed by atoms with Crippen molar-refractivity contribution in [1.29, 1.82) is 0 Å². The zero-order chi connectivity index (χ0) is 14.6. The molecule has 0 aliphatic carbocycles. The lowest BCUT2D eigenvalue weighted by Crippen LogP contribution is -2.45. The molecule has 0 fully saturated rings. The SMILES string of the molecule is CNC(CCOC(C(F)(F)F)C(F)(F)F)C(=O)O. The van der Waals surface area contributed by atoms with Gasteiger partial charge in [0.05, 0.1) is 0 Å². The maximum atomic E-state index is 12.0. The van der Waals surface area contributed by atoms with Crippen LogP contribution in [-0.4, -0.2) is 49.2 Å². The molecule has 4 nitrogen and oxygen atoms in total. The van der Waals surface area contributed by atoms with Gasteiger partial charge >= 0.3 is 18.3 Å². The Morgan fingerprint density at radius 2 is 1.67 bits per heavy atom. The molecule has 0 spiro atoms. The van der Waals surface area contributed by atoms with Gasteiger partial charge in [-0.3, -0.25) is 4.79 Å². The second-order valence-electron chi connectivity index (χ2n) is 3.30. The van der Waals surface area contributed by atoms with Crippen LogP contribution in [0.25, 0.3) is 0 Å². The van der Waals surface area contributed by atoms with Gasteiger partial charge in [-0.05, 0) is 13.5 Å². The molecular formula is C8H11F6NO3. The van der Waals surface area contributed by atoms with Gasteiger partial charge in [0, 0.05) is 6.61 Å². The number of hydrogen-bond donors (Lipinski definition) is 2. The number of rotatable bonds is 6. The maximum absolute atomic E-state index is 12.0. The van der Waals surface area contributed by atoms with E-state index in [0.717, 1.165) is 0 Å². The van der Waals surface area contributed by atoms with Crippen LogP contribution in [0.1, 0.15) is 6.42 Å².